The van der Waals surface area contributed by atoms with Crippen molar-refractivity contribution in [1.82, 2.24) is 4.90 Å². The van der Waals surface area contributed by atoms with Gasteiger partial charge in [-0.05, 0) is 100 Å². The van der Waals surface area contributed by atoms with Gasteiger partial charge >= 0.3 is 0 Å². The van der Waals surface area contributed by atoms with Crippen LogP contribution in [0.2, 0.25) is 0 Å². The molecule has 1 heterocycles. The molecule has 1 saturated carbocycles. The highest BCUT2D eigenvalue weighted by Crippen LogP contribution is 2.35. The predicted octanol–water partition coefficient (Wildman–Crippen LogP) is 7.85. The van der Waals surface area contributed by atoms with Gasteiger partial charge in [0.2, 0.25) is 0 Å². The number of anilines is 1. The van der Waals surface area contributed by atoms with Crippen molar-refractivity contribution in [3.63, 3.8) is 0 Å². The molecule has 220 valence electrons. The summed E-state index contributed by atoms with van der Waals surface area (Å²) < 4.78 is 14.1. The molecule has 5 heteroatoms. The second-order valence-corrected chi connectivity index (χ2v) is 11.7. The molecule has 2 fully saturated rings. The molecular weight excluding hydrogens is 521 g/mol. The number of likely N-dealkylation sites (tertiary alicyclic amines) is 1. The van der Waals surface area contributed by atoms with Gasteiger partial charge in [0.25, 0.3) is 5.91 Å². The van der Waals surface area contributed by atoms with Crippen molar-refractivity contribution in [3.05, 3.63) is 100 Å². The first kappa shape index (κ1) is 31.0. The molecule has 42 heavy (non-hydrogen) atoms. The maximum Gasteiger partial charge on any atom is 0.253 e. The first-order valence-electron chi connectivity index (χ1n) is 15.2. The molecule has 3 aromatic rings. The number of amides is 1. The van der Waals surface area contributed by atoms with Crippen LogP contribution < -0.4 is 4.90 Å². The van der Waals surface area contributed by atoms with E-state index in [2.05, 4.69) is 62.8 Å². The van der Waals surface area contributed by atoms with E-state index in [-0.39, 0.29) is 17.8 Å². The Morgan fingerprint density at radius 2 is 1.67 bits per heavy atom. The van der Waals surface area contributed by atoms with Crippen LogP contribution in [0, 0.1) is 38.4 Å². The van der Waals surface area contributed by atoms with E-state index in [1.54, 1.807) is 6.07 Å². The highest BCUT2D eigenvalue weighted by atomic mass is 19.1. The number of halogens is 1. The lowest BCUT2D eigenvalue weighted by Crippen LogP contribution is -2.42. The number of carbonyl (C=O) groups is 1. The summed E-state index contributed by atoms with van der Waals surface area (Å²) in [6.07, 6.45) is 13.5. The average molecular weight is 566 g/mol. The molecule has 0 N–H and O–H groups in total. The number of para-hydroxylation sites is 1. The molecule has 1 unspecified atom stereocenters. The molecule has 0 spiro atoms. The van der Waals surface area contributed by atoms with Crippen LogP contribution >= 0.6 is 0 Å². The van der Waals surface area contributed by atoms with Crippen LogP contribution in [0.25, 0.3) is 0 Å². The number of hydrogen-bond acceptors (Lipinski definition) is 3. The molecule has 3 aromatic carbocycles. The summed E-state index contributed by atoms with van der Waals surface area (Å²) in [4.78, 5) is 23.1. The topological polar surface area (TPSA) is 35.9 Å². The molecule has 1 amide bonds. The minimum absolute atomic E-state index is 0.0947. The van der Waals surface area contributed by atoms with E-state index < -0.39 is 0 Å². The van der Waals surface area contributed by atoms with Crippen molar-refractivity contribution in [2.75, 3.05) is 24.5 Å². The Bertz CT molecular complexity index is 1420. The molecule has 1 atom stereocenters. The normalized spacial score (nSPS) is 16.4. The van der Waals surface area contributed by atoms with Crippen LogP contribution in [0.5, 0.6) is 0 Å². The van der Waals surface area contributed by atoms with Gasteiger partial charge < -0.3 is 9.80 Å². The van der Waals surface area contributed by atoms with Crippen molar-refractivity contribution in [2.45, 2.75) is 71.9 Å². The van der Waals surface area contributed by atoms with Crippen molar-refractivity contribution in [3.8, 4) is 12.8 Å². The summed E-state index contributed by atoms with van der Waals surface area (Å²) in [7, 11) is 0. The average Bonchev–Trinajstić information content (AvgIpc) is 3.86. The summed E-state index contributed by atoms with van der Waals surface area (Å²) >= 11 is 0. The molecule has 2 aliphatic rings. The smallest absolute Gasteiger partial charge is 0.253 e. The van der Waals surface area contributed by atoms with E-state index in [1.807, 2.05) is 36.1 Å². The number of benzene rings is 3. The highest BCUT2D eigenvalue weighted by molar-refractivity contribution is 6.14. The summed E-state index contributed by atoms with van der Waals surface area (Å²) in [6.45, 7) is 11.0. The summed E-state index contributed by atoms with van der Waals surface area (Å²) in [5, 5.41) is 0. The number of aliphatic imine (C=N–C) groups is 1. The molecule has 0 radical (unpaired) electrons. The monoisotopic (exact) mass is 565 g/mol. The van der Waals surface area contributed by atoms with E-state index in [4.69, 9.17) is 4.99 Å². The molecule has 5 rings (SSSR count). The Morgan fingerprint density at radius 1 is 0.952 bits per heavy atom. The zero-order valence-corrected chi connectivity index (χ0v) is 25.5. The molecular formula is C37H44FN3O. The number of rotatable bonds is 9. The van der Waals surface area contributed by atoms with Gasteiger partial charge in [-0.25, -0.2) is 4.39 Å². The minimum Gasteiger partial charge on any atom is -0.368 e. The summed E-state index contributed by atoms with van der Waals surface area (Å²) in [5.74, 6) is 0.414. The second kappa shape index (κ2) is 14.3. The fraction of sp³-hybridized carbons (Fsp3) is 0.405. The van der Waals surface area contributed by atoms with E-state index in [1.165, 1.54) is 36.2 Å². The second-order valence-electron chi connectivity index (χ2n) is 11.7. The Hall–Kier alpha value is -3.91. The van der Waals surface area contributed by atoms with Crippen LogP contribution in [0.4, 0.5) is 10.1 Å². The summed E-state index contributed by atoms with van der Waals surface area (Å²) in [6, 6.07) is 22.0. The van der Waals surface area contributed by atoms with Gasteiger partial charge in [-0.15, -0.1) is 12.8 Å². The highest BCUT2D eigenvalue weighted by Gasteiger charge is 2.33. The molecule has 0 bridgehead atoms. The Kier molecular flexibility index (Phi) is 10.6. The van der Waals surface area contributed by atoms with Crippen LogP contribution in [0.3, 0.4) is 0 Å². The molecule has 4 nitrogen and oxygen atoms in total. The zero-order valence-electron chi connectivity index (χ0n) is 25.5. The first-order valence-corrected chi connectivity index (χ1v) is 15.2. The van der Waals surface area contributed by atoms with Crippen LogP contribution in [0.1, 0.15) is 78.6 Å². The summed E-state index contributed by atoms with van der Waals surface area (Å²) in [5.41, 5.74) is 6.88. The first-order chi connectivity index (χ1) is 20.3. The van der Waals surface area contributed by atoms with E-state index >= 15 is 0 Å². The van der Waals surface area contributed by atoms with Crippen molar-refractivity contribution >= 4 is 17.3 Å². The molecule has 1 saturated heterocycles. The SMILES string of the molecule is C#C.CCC(C)N=C(c1cccc(F)c1)c1ccc(C(=O)N2CCC(CN(c3ccccc3C)C3CC3)CC2)cc1C. The number of piperidine rings is 1. The van der Waals surface area contributed by atoms with Gasteiger partial charge in [0, 0.05) is 54.1 Å². The van der Waals surface area contributed by atoms with Crippen LogP contribution in [-0.4, -0.2) is 48.2 Å². The largest absolute Gasteiger partial charge is 0.368 e. The van der Waals surface area contributed by atoms with Crippen LogP contribution in [-0.2, 0) is 0 Å². The van der Waals surface area contributed by atoms with Gasteiger partial charge in [0.1, 0.15) is 5.82 Å². The number of terminal acetylenes is 1. The number of hydrogen-bond donors (Lipinski definition) is 0. The Morgan fingerprint density at radius 3 is 2.29 bits per heavy atom. The van der Waals surface area contributed by atoms with Gasteiger partial charge in [-0.1, -0.05) is 43.3 Å². The maximum absolute atomic E-state index is 14.1. The lowest BCUT2D eigenvalue weighted by Gasteiger charge is -2.36. The van der Waals surface area contributed by atoms with Crippen molar-refractivity contribution in [1.29, 1.82) is 0 Å². The van der Waals surface area contributed by atoms with Crippen molar-refractivity contribution in [2.24, 2.45) is 10.9 Å². The van der Waals surface area contributed by atoms with E-state index in [0.717, 1.165) is 61.3 Å². The predicted molar refractivity (Wildman–Crippen MR) is 173 cm³/mol. The van der Waals surface area contributed by atoms with Gasteiger partial charge in [-0.3, -0.25) is 9.79 Å². The fourth-order valence-electron chi connectivity index (χ4n) is 5.80. The Labute approximate surface area is 251 Å². The zero-order chi connectivity index (χ0) is 30.2. The van der Waals surface area contributed by atoms with E-state index in [9.17, 15) is 9.18 Å². The lowest BCUT2D eigenvalue weighted by molar-refractivity contribution is 0.0692. The lowest BCUT2D eigenvalue weighted by atomic mass is 9.93. The third-order valence-corrected chi connectivity index (χ3v) is 8.54. The van der Waals surface area contributed by atoms with Crippen LogP contribution in [0.15, 0.2) is 71.7 Å². The third kappa shape index (κ3) is 7.48. The fourth-order valence-corrected chi connectivity index (χ4v) is 5.80. The molecule has 1 aliphatic heterocycles. The third-order valence-electron chi connectivity index (χ3n) is 8.54. The Balaban J connectivity index is 0.00000198. The van der Waals surface area contributed by atoms with Gasteiger partial charge in [0.05, 0.1) is 5.71 Å². The number of carbonyl (C=O) groups excluding carboxylic acids is 1. The number of aryl methyl sites for hydroxylation is 2. The molecule has 0 aromatic heterocycles. The van der Waals surface area contributed by atoms with Gasteiger partial charge in [0.15, 0.2) is 0 Å². The standard InChI is InChI=1S/C35H42FN3O.C2H2/c1-5-26(4)37-34(28-10-8-11-30(36)22-28)32-16-13-29(21-25(32)3)35(40)38-19-17-27(18-20-38)23-39(31-14-15-31)33-12-7-6-9-24(33)2;1-2/h6-13,16,21-22,26-27,31H,5,14-15,17-20,23H2,1-4H3;1-2H. The maximum atomic E-state index is 14.1. The minimum atomic E-state index is -0.277. The molecule has 1 aliphatic carbocycles. The number of nitrogens with zero attached hydrogens (tertiary/aromatic N) is 3. The van der Waals surface area contributed by atoms with E-state index in [0.29, 0.717) is 17.5 Å². The van der Waals surface area contributed by atoms with Crippen molar-refractivity contribution < 1.29 is 9.18 Å². The quantitative estimate of drug-likeness (QED) is 0.196. The van der Waals surface area contributed by atoms with Gasteiger partial charge in [-0.2, -0.15) is 0 Å².